The van der Waals surface area contributed by atoms with Crippen LogP contribution in [0.15, 0.2) is 12.1 Å². The van der Waals surface area contributed by atoms with E-state index >= 15 is 0 Å². The van der Waals surface area contributed by atoms with E-state index in [4.69, 9.17) is 23.8 Å². The van der Waals surface area contributed by atoms with Gasteiger partial charge in [0.05, 0.1) is 16.1 Å². The zero-order valence-electron chi connectivity index (χ0n) is 10.7. The number of H-pyrrole nitrogens is 1. The van der Waals surface area contributed by atoms with Gasteiger partial charge in [-0.15, -0.1) is 0 Å². The molecule has 0 saturated heterocycles. The van der Waals surface area contributed by atoms with Gasteiger partial charge in [-0.1, -0.05) is 31.4 Å². The maximum atomic E-state index is 13.7. The Balaban J connectivity index is 2.12. The Bertz CT molecular complexity index is 672. The molecule has 1 aromatic carbocycles. The lowest BCUT2D eigenvalue weighted by Gasteiger charge is -2.17. The summed E-state index contributed by atoms with van der Waals surface area (Å²) < 4.78 is 16.4. The molecule has 0 amide bonds. The molecule has 19 heavy (non-hydrogen) atoms. The number of fused-ring (bicyclic) bond motifs is 1. The van der Waals surface area contributed by atoms with Crippen LogP contribution in [0.4, 0.5) is 4.39 Å². The Morgan fingerprint density at radius 1 is 1.53 bits per heavy atom. The summed E-state index contributed by atoms with van der Waals surface area (Å²) in [5.41, 5.74) is 1.63. The van der Waals surface area contributed by atoms with Gasteiger partial charge < -0.3 is 9.55 Å². The lowest BCUT2D eigenvalue weighted by atomic mass is 10.1. The maximum absolute atomic E-state index is 13.7. The van der Waals surface area contributed by atoms with Crippen LogP contribution in [-0.4, -0.2) is 9.55 Å². The van der Waals surface area contributed by atoms with Crippen LogP contribution in [-0.2, 0) is 0 Å². The largest absolute Gasteiger partial charge is 0.331 e. The van der Waals surface area contributed by atoms with Crippen molar-refractivity contribution in [1.82, 2.24) is 9.55 Å². The standard InChI is InChI=1S/C14H16ClFN2S/c1-2-9(5-8-3-4-8)18-13-7-11(16)10(15)6-12(13)17-14(18)19/h6-9H,2-5H2,1H3,(H,17,19). The highest BCUT2D eigenvalue weighted by Gasteiger charge is 2.26. The van der Waals surface area contributed by atoms with E-state index in [2.05, 4.69) is 16.5 Å². The Hall–Kier alpha value is -0.870. The van der Waals surface area contributed by atoms with Gasteiger partial charge in [0.25, 0.3) is 0 Å². The molecule has 1 N–H and O–H groups in total. The van der Waals surface area contributed by atoms with Gasteiger partial charge in [-0.25, -0.2) is 4.39 Å². The van der Waals surface area contributed by atoms with Crippen LogP contribution in [0, 0.1) is 16.5 Å². The van der Waals surface area contributed by atoms with E-state index in [9.17, 15) is 4.39 Å². The van der Waals surface area contributed by atoms with Crippen molar-refractivity contribution in [1.29, 1.82) is 0 Å². The number of hydrogen-bond donors (Lipinski definition) is 1. The average Bonchev–Trinajstić information content (AvgIpc) is 3.13. The van der Waals surface area contributed by atoms with Gasteiger partial charge >= 0.3 is 0 Å². The van der Waals surface area contributed by atoms with Gasteiger partial charge in [-0.2, -0.15) is 0 Å². The number of halogens is 2. The minimum Gasteiger partial charge on any atom is -0.331 e. The van der Waals surface area contributed by atoms with E-state index in [1.807, 2.05) is 0 Å². The summed E-state index contributed by atoms with van der Waals surface area (Å²) in [6, 6.07) is 3.44. The SMILES string of the molecule is CCC(CC1CC1)n1c(=S)[nH]c2cc(Cl)c(F)cc21. The van der Waals surface area contributed by atoms with Gasteiger partial charge in [-0.05, 0) is 37.0 Å². The molecule has 0 aliphatic heterocycles. The first-order valence-electron chi connectivity index (χ1n) is 6.69. The first-order valence-corrected chi connectivity index (χ1v) is 7.48. The van der Waals surface area contributed by atoms with Crippen LogP contribution in [0.5, 0.6) is 0 Å². The highest BCUT2D eigenvalue weighted by Crippen LogP contribution is 2.39. The molecule has 1 unspecified atom stereocenters. The molecule has 0 radical (unpaired) electrons. The topological polar surface area (TPSA) is 20.7 Å². The third-order valence-corrected chi connectivity index (χ3v) is 4.49. The van der Waals surface area contributed by atoms with E-state index in [1.54, 1.807) is 6.07 Å². The quantitative estimate of drug-likeness (QED) is 0.765. The van der Waals surface area contributed by atoms with Crippen molar-refractivity contribution in [2.45, 2.75) is 38.6 Å². The normalized spacial score (nSPS) is 17.0. The first-order chi connectivity index (χ1) is 9.10. The van der Waals surface area contributed by atoms with Crippen LogP contribution in [0.1, 0.15) is 38.6 Å². The second kappa shape index (κ2) is 4.91. The molecule has 0 bridgehead atoms. The molecule has 1 aliphatic carbocycles. The van der Waals surface area contributed by atoms with Crippen molar-refractivity contribution in [3.05, 3.63) is 27.7 Å². The Morgan fingerprint density at radius 3 is 2.89 bits per heavy atom. The van der Waals surface area contributed by atoms with Crippen molar-refractivity contribution < 1.29 is 4.39 Å². The minimum absolute atomic E-state index is 0.131. The first kappa shape index (κ1) is 13.1. The molecule has 2 nitrogen and oxygen atoms in total. The Labute approximate surface area is 121 Å². The van der Waals surface area contributed by atoms with E-state index in [0.717, 1.165) is 29.8 Å². The molecule has 1 fully saturated rings. The van der Waals surface area contributed by atoms with Crippen molar-refractivity contribution in [3.8, 4) is 0 Å². The second-order valence-corrected chi connectivity index (χ2v) is 6.12. The minimum atomic E-state index is -0.391. The highest BCUT2D eigenvalue weighted by molar-refractivity contribution is 7.71. The van der Waals surface area contributed by atoms with Crippen molar-refractivity contribution in [3.63, 3.8) is 0 Å². The monoisotopic (exact) mass is 298 g/mol. The van der Waals surface area contributed by atoms with E-state index in [-0.39, 0.29) is 5.02 Å². The van der Waals surface area contributed by atoms with E-state index in [0.29, 0.717) is 10.8 Å². The van der Waals surface area contributed by atoms with Gasteiger partial charge in [0, 0.05) is 12.1 Å². The summed E-state index contributed by atoms with van der Waals surface area (Å²) in [5, 5.41) is 0.131. The summed E-state index contributed by atoms with van der Waals surface area (Å²) >= 11 is 11.2. The molecule has 3 rings (SSSR count). The summed E-state index contributed by atoms with van der Waals surface area (Å²) in [4.78, 5) is 3.13. The summed E-state index contributed by atoms with van der Waals surface area (Å²) in [7, 11) is 0. The molecule has 1 atom stereocenters. The van der Waals surface area contributed by atoms with Crippen molar-refractivity contribution in [2.24, 2.45) is 5.92 Å². The number of rotatable bonds is 4. The third kappa shape index (κ3) is 2.43. The average molecular weight is 299 g/mol. The van der Waals surface area contributed by atoms with Crippen molar-refractivity contribution in [2.75, 3.05) is 0 Å². The molecule has 2 aromatic rings. The fraction of sp³-hybridized carbons (Fsp3) is 0.500. The van der Waals surface area contributed by atoms with Crippen LogP contribution >= 0.6 is 23.8 Å². The molecule has 1 heterocycles. The number of nitrogens with zero attached hydrogens (tertiary/aromatic N) is 1. The predicted molar refractivity (Wildman–Crippen MR) is 78.8 cm³/mol. The number of nitrogens with one attached hydrogen (secondary N) is 1. The van der Waals surface area contributed by atoms with Gasteiger partial charge in [0.2, 0.25) is 0 Å². The molecule has 0 spiro atoms. The van der Waals surface area contributed by atoms with Gasteiger partial charge in [0.15, 0.2) is 4.77 Å². The zero-order valence-corrected chi connectivity index (χ0v) is 12.3. The Kier molecular flexibility index (Phi) is 3.39. The lowest BCUT2D eigenvalue weighted by Crippen LogP contribution is -2.09. The molecule has 1 aromatic heterocycles. The highest BCUT2D eigenvalue weighted by atomic mass is 35.5. The molecule has 1 saturated carbocycles. The van der Waals surface area contributed by atoms with Crippen LogP contribution < -0.4 is 0 Å². The molecular weight excluding hydrogens is 283 g/mol. The maximum Gasteiger partial charge on any atom is 0.178 e. The molecule has 5 heteroatoms. The van der Waals surface area contributed by atoms with E-state index < -0.39 is 5.82 Å². The second-order valence-electron chi connectivity index (χ2n) is 5.32. The zero-order chi connectivity index (χ0) is 13.6. The molecular formula is C14H16ClFN2S. The summed E-state index contributed by atoms with van der Waals surface area (Å²) in [6.45, 7) is 2.15. The van der Waals surface area contributed by atoms with Crippen molar-refractivity contribution >= 4 is 34.9 Å². The number of imidazole rings is 1. The van der Waals surface area contributed by atoms with Crippen LogP contribution in [0.25, 0.3) is 11.0 Å². The number of aromatic nitrogens is 2. The smallest absolute Gasteiger partial charge is 0.178 e. The fourth-order valence-electron chi connectivity index (χ4n) is 2.68. The molecule has 1 aliphatic rings. The van der Waals surface area contributed by atoms with Crippen LogP contribution in [0.2, 0.25) is 5.02 Å². The Morgan fingerprint density at radius 2 is 2.26 bits per heavy atom. The van der Waals surface area contributed by atoms with Gasteiger partial charge in [0.1, 0.15) is 5.82 Å². The van der Waals surface area contributed by atoms with Crippen LogP contribution in [0.3, 0.4) is 0 Å². The number of hydrogen-bond acceptors (Lipinski definition) is 1. The summed E-state index contributed by atoms with van der Waals surface area (Å²) in [5.74, 6) is 0.423. The van der Waals surface area contributed by atoms with Gasteiger partial charge in [-0.3, -0.25) is 0 Å². The molecule has 102 valence electrons. The van der Waals surface area contributed by atoms with E-state index in [1.165, 1.54) is 18.9 Å². The number of benzene rings is 1. The lowest BCUT2D eigenvalue weighted by molar-refractivity contribution is 0.434. The predicted octanol–water partition coefficient (Wildman–Crippen LogP) is 5.24. The fourth-order valence-corrected chi connectivity index (χ4v) is 3.20. The summed E-state index contributed by atoms with van der Waals surface area (Å²) in [6.07, 6.45) is 4.75. The number of aromatic amines is 1. The third-order valence-electron chi connectivity index (χ3n) is 3.90.